The second kappa shape index (κ2) is 7.10. The number of amides is 1. The molecule has 1 heterocycles. The van der Waals surface area contributed by atoms with Crippen LogP contribution in [0.4, 0.5) is 0 Å². The van der Waals surface area contributed by atoms with Gasteiger partial charge in [-0.1, -0.05) is 27.7 Å². The van der Waals surface area contributed by atoms with E-state index in [1.165, 1.54) is 0 Å². The number of hydrogen-bond donors (Lipinski definition) is 1. The standard InChI is InChI=1S/C14H29N3O/c1-6-16(7-2)10-12(5)17-13(8-11(3)4)15-9-14(17)18/h11-13,15H,6-10H2,1-5H3. The molecule has 2 unspecified atom stereocenters. The molecule has 1 rings (SSSR count). The Morgan fingerprint density at radius 2 is 1.94 bits per heavy atom. The lowest BCUT2D eigenvalue weighted by Gasteiger charge is -2.34. The Balaban J connectivity index is 2.62. The number of likely N-dealkylation sites (N-methyl/N-ethyl adjacent to an activating group) is 1. The first kappa shape index (κ1) is 15.4. The van der Waals surface area contributed by atoms with E-state index in [4.69, 9.17) is 0 Å². The van der Waals surface area contributed by atoms with E-state index >= 15 is 0 Å². The van der Waals surface area contributed by atoms with Crippen LogP contribution in [0.25, 0.3) is 0 Å². The van der Waals surface area contributed by atoms with Gasteiger partial charge in [0, 0.05) is 12.6 Å². The van der Waals surface area contributed by atoms with Gasteiger partial charge in [-0.15, -0.1) is 0 Å². The number of carbonyl (C=O) groups is 1. The van der Waals surface area contributed by atoms with E-state index in [-0.39, 0.29) is 18.1 Å². The van der Waals surface area contributed by atoms with Crippen molar-refractivity contribution < 1.29 is 4.79 Å². The summed E-state index contributed by atoms with van der Waals surface area (Å²) < 4.78 is 0. The minimum absolute atomic E-state index is 0.225. The van der Waals surface area contributed by atoms with Gasteiger partial charge in [-0.25, -0.2) is 0 Å². The average molecular weight is 255 g/mol. The molecule has 0 aromatic heterocycles. The molecule has 0 aliphatic carbocycles. The number of nitrogens with zero attached hydrogens (tertiary/aromatic N) is 2. The van der Waals surface area contributed by atoms with Crippen LogP contribution in [0.15, 0.2) is 0 Å². The van der Waals surface area contributed by atoms with Gasteiger partial charge in [0.1, 0.15) is 0 Å². The fourth-order valence-electron chi connectivity index (χ4n) is 2.71. The fraction of sp³-hybridized carbons (Fsp3) is 0.929. The maximum atomic E-state index is 12.0. The third-order valence-corrected chi connectivity index (χ3v) is 3.70. The Kier molecular flexibility index (Phi) is 6.09. The monoisotopic (exact) mass is 255 g/mol. The molecule has 106 valence electrons. The van der Waals surface area contributed by atoms with Crippen molar-refractivity contribution in [2.24, 2.45) is 5.92 Å². The lowest BCUT2D eigenvalue weighted by Crippen LogP contribution is -2.48. The number of rotatable bonds is 7. The Bertz CT molecular complexity index is 264. The van der Waals surface area contributed by atoms with Gasteiger partial charge >= 0.3 is 0 Å². The van der Waals surface area contributed by atoms with Crippen LogP contribution in [0.2, 0.25) is 0 Å². The van der Waals surface area contributed by atoms with Crippen molar-refractivity contribution in [2.45, 2.75) is 53.2 Å². The van der Waals surface area contributed by atoms with Gasteiger partial charge in [0.05, 0.1) is 12.7 Å². The highest BCUT2D eigenvalue weighted by molar-refractivity contribution is 5.81. The van der Waals surface area contributed by atoms with Crippen LogP contribution in [-0.4, -0.2) is 54.1 Å². The quantitative estimate of drug-likeness (QED) is 0.749. The van der Waals surface area contributed by atoms with Crippen LogP contribution in [0.5, 0.6) is 0 Å². The van der Waals surface area contributed by atoms with Crippen LogP contribution < -0.4 is 5.32 Å². The highest BCUT2D eigenvalue weighted by Gasteiger charge is 2.34. The Morgan fingerprint density at radius 3 is 2.44 bits per heavy atom. The normalized spacial score (nSPS) is 22.3. The highest BCUT2D eigenvalue weighted by atomic mass is 16.2. The molecule has 4 nitrogen and oxygen atoms in total. The first-order valence-electron chi connectivity index (χ1n) is 7.26. The Labute approximate surface area is 112 Å². The largest absolute Gasteiger partial charge is 0.322 e. The summed E-state index contributed by atoms with van der Waals surface area (Å²) in [6.45, 7) is 14.5. The molecule has 0 saturated carbocycles. The summed E-state index contributed by atoms with van der Waals surface area (Å²) in [5.41, 5.74) is 0. The summed E-state index contributed by atoms with van der Waals surface area (Å²) in [4.78, 5) is 16.4. The van der Waals surface area contributed by atoms with Crippen LogP contribution in [-0.2, 0) is 4.79 Å². The van der Waals surface area contributed by atoms with Crippen molar-refractivity contribution in [3.05, 3.63) is 0 Å². The van der Waals surface area contributed by atoms with Gasteiger partial charge in [-0.05, 0) is 32.4 Å². The molecule has 18 heavy (non-hydrogen) atoms. The van der Waals surface area contributed by atoms with Crippen LogP contribution >= 0.6 is 0 Å². The molecule has 0 aromatic rings. The van der Waals surface area contributed by atoms with Gasteiger partial charge in [0.15, 0.2) is 0 Å². The molecular weight excluding hydrogens is 226 g/mol. The second-order valence-electron chi connectivity index (χ2n) is 5.66. The van der Waals surface area contributed by atoms with E-state index in [1.54, 1.807) is 0 Å². The molecule has 1 amide bonds. The third kappa shape index (κ3) is 3.95. The molecule has 1 aliphatic heterocycles. The summed E-state index contributed by atoms with van der Waals surface area (Å²) in [6.07, 6.45) is 1.26. The zero-order valence-electron chi connectivity index (χ0n) is 12.6. The van der Waals surface area contributed by atoms with Crippen molar-refractivity contribution in [3.8, 4) is 0 Å². The van der Waals surface area contributed by atoms with E-state index in [0.29, 0.717) is 12.5 Å². The average Bonchev–Trinajstić information content (AvgIpc) is 2.66. The number of carbonyl (C=O) groups excluding carboxylic acids is 1. The molecule has 0 bridgehead atoms. The molecule has 1 aliphatic rings. The fourth-order valence-corrected chi connectivity index (χ4v) is 2.71. The molecule has 1 fully saturated rings. The summed E-state index contributed by atoms with van der Waals surface area (Å²) in [7, 11) is 0. The minimum Gasteiger partial charge on any atom is -0.322 e. The van der Waals surface area contributed by atoms with Gasteiger partial charge in [0.2, 0.25) is 5.91 Å². The van der Waals surface area contributed by atoms with E-state index in [9.17, 15) is 4.79 Å². The van der Waals surface area contributed by atoms with Crippen molar-refractivity contribution in [2.75, 3.05) is 26.2 Å². The predicted octanol–water partition coefficient (Wildman–Crippen LogP) is 1.52. The van der Waals surface area contributed by atoms with Crippen LogP contribution in [0, 0.1) is 5.92 Å². The predicted molar refractivity (Wildman–Crippen MR) is 75.3 cm³/mol. The van der Waals surface area contributed by atoms with E-state index < -0.39 is 0 Å². The maximum absolute atomic E-state index is 12.0. The summed E-state index contributed by atoms with van der Waals surface area (Å²) in [6, 6.07) is 0.288. The highest BCUT2D eigenvalue weighted by Crippen LogP contribution is 2.17. The summed E-state index contributed by atoms with van der Waals surface area (Å²) in [5.74, 6) is 0.858. The SMILES string of the molecule is CCN(CC)CC(C)N1C(=O)CNC1CC(C)C. The Morgan fingerprint density at radius 1 is 1.33 bits per heavy atom. The van der Waals surface area contributed by atoms with Crippen LogP contribution in [0.3, 0.4) is 0 Å². The van der Waals surface area contributed by atoms with Crippen molar-refractivity contribution >= 4 is 5.91 Å². The van der Waals surface area contributed by atoms with Gasteiger partial charge < -0.3 is 9.80 Å². The zero-order chi connectivity index (χ0) is 13.7. The molecular formula is C14H29N3O. The first-order chi connectivity index (χ1) is 8.49. The van der Waals surface area contributed by atoms with Crippen LogP contribution in [0.1, 0.15) is 41.0 Å². The number of nitrogens with one attached hydrogen (secondary N) is 1. The molecule has 1 saturated heterocycles. The molecule has 4 heteroatoms. The lowest BCUT2D eigenvalue weighted by atomic mass is 10.1. The zero-order valence-corrected chi connectivity index (χ0v) is 12.6. The molecule has 2 atom stereocenters. The van der Waals surface area contributed by atoms with Crippen molar-refractivity contribution in [1.82, 2.24) is 15.1 Å². The molecule has 1 N–H and O–H groups in total. The van der Waals surface area contributed by atoms with Gasteiger partial charge in [-0.2, -0.15) is 0 Å². The van der Waals surface area contributed by atoms with Crippen molar-refractivity contribution in [3.63, 3.8) is 0 Å². The van der Waals surface area contributed by atoms with Gasteiger partial charge in [0.25, 0.3) is 0 Å². The first-order valence-corrected chi connectivity index (χ1v) is 7.26. The lowest BCUT2D eigenvalue weighted by molar-refractivity contribution is -0.130. The minimum atomic E-state index is 0.225. The van der Waals surface area contributed by atoms with Gasteiger partial charge in [-0.3, -0.25) is 10.1 Å². The Hall–Kier alpha value is -0.610. The topological polar surface area (TPSA) is 35.6 Å². The summed E-state index contributed by atoms with van der Waals surface area (Å²) in [5, 5.41) is 3.34. The third-order valence-electron chi connectivity index (χ3n) is 3.70. The van der Waals surface area contributed by atoms with E-state index in [2.05, 4.69) is 49.7 Å². The van der Waals surface area contributed by atoms with E-state index in [0.717, 1.165) is 26.1 Å². The molecule has 0 aromatic carbocycles. The van der Waals surface area contributed by atoms with Crippen molar-refractivity contribution in [1.29, 1.82) is 0 Å². The molecule has 0 radical (unpaired) electrons. The second-order valence-corrected chi connectivity index (χ2v) is 5.66. The molecule has 0 spiro atoms. The maximum Gasteiger partial charge on any atom is 0.238 e. The smallest absolute Gasteiger partial charge is 0.238 e. The number of hydrogen-bond acceptors (Lipinski definition) is 3. The van der Waals surface area contributed by atoms with E-state index in [1.807, 2.05) is 0 Å². The summed E-state index contributed by atoms with van der Waals surface area (Å²) >= 11 is 0.